The van der Waals surface area contributed by atoms with E-state index < -0.39 is 16.5 Å². The van der Waals surface area contributed by atoms with Gasteiger partial charge >= 0.3 is 17.4 Å². The molecule has 0 unspecified atom stereocenters. The van der Waals surface area contributed by atoms with Crippen molar-refractivity contribution in [2.24, 2.45) is 4.99 Å². The van der Waals surface area contributed by atoms with Crippen molar-refractivity contribution in [2.75, 3.05) is 0 Å². The maximum absolute atomic E-state index is 5.08. The zero-order valence-corrected chi connectivity index (χ0v) is 32.4. The molecule has 6 heteroatoms. The largest absolute Gasteiger partial charge is 2.00 e. The van der Waals surface area contributed by atoms with E-state index in [1.165, 1.54) is 22.3 Å². The Morgan fingerprint density at radius 1 is 0.634 bits per heavy atom. The van der Waals surface area contributed by atoms with Crippen LogP contribution in [0.4, 0.5) is 11.4 Å². The summed E-state index contributed by atoms with van der Waals surface area (Å²) in [6.45, 7) is 35.8. The van der Waals surface area contributed by atoms with Crippen LogP contribution in [-0.2, 0) is 17.4 Å². The van der Waals surface area contributed by atoms with Gasteiger partial charge < -0.3 is 9.96 Å². The van der Waals surface area contributed by atoms with Crippen LogP contribution in [0.2, 0.25) is 39.3 Å². The molecule has 0 bridgehead atoms. The minimum absolute atomic E-state index is 0. The first-order valence-electron chi connectivity index (χ1n) is 15.2. The van der Waals surface area contributed by atoms with Crippen LogP contribution in [0.15, 0.2) is 53.2 Å². The van der Waals surface area contributed by atoms with Crippen molar-refractivity contribution >= 4 is 33.6 Å². The zero-order valence-electron chi connectivity index (χ0n) is 29.1. The predicted molar refractivity (Wildman–Crippen MR) is 189 cm³/mol. The van der Waals surface area contributed by atoms with Gasteiger partial charge in [0.05, 0.1) is 5.69 Å². The monoisotopic (exact) mass is 629 g/mol. The summed E-state index contributed by atoms with van der Waals surface area (Å²) < 4.78 is 4.82. The first kappa shape index (κ1) is 39.6. The molecule has 0 atom stereocenters. The second-order valence-corrected chi connectivity index (χ2v) is 23.9. The normalized spacial score (nSPS) is 13.0. The van der Waals surface area contributed by atoms with Crippen molar-refractivity contribution in [3.05, 3.63) is 80.4 Å². The van der Waals surface area contributed by atoms with Gasteiger partial charge in [-0.15, -0.1) is 5.69 Å². The van der Waals surface area contributed by atoms with Crippen LogP contribution in [0.3, 0.4) is 0 Å². The van der Waals surface area contributed by atoms with Crippen molar-refractivity contribution < 1.29 is 17.4 Å². The van der Waals surface area contributed by atoms with Crippen molar-refractivity contribution in [2.45, 2.75) is 132 Å². The van der Waals surface area contributed by atoms with Gasteiger partial charge in [0.25, 0.3) is 0 Å². The Balaban J connectivity index is 0.00000138. The van der Waals surface area contributed by atoms with E-state index in [4.69, 9.17) is 15.0 Å². The van der Waals surface area contributed by atoms with Crippen LogP contribution in [0, 0.1) is 0 Å². The van der Waals surface area contributed by atoms with Gasteiger partial charge in [-0.2, -0.15) is 5.70 Å². The molecular weight excluding hydrogens is 571 g/mol. The quantitative estimate of drug-likeness (QED) is 0.185. The zero-order chi connectivity index (χ0) is 31.0. The minimum atomic E-state index is -1.11. The van der Waals surface area contributed by atoms with Gasteiger partial charge in [-0.1, -0.05) is 172 Å². The molecule has 0 saturated carbocycles. The van der Waals surface area contributed by atoms with Crippen molar-refractivity contribution in [3.63, 3.8) is 0 Å². The Labute approximate surface area is 267 Å². The summed E-state index contributed by atoms with van der Waals surface area (Å²) >= 11 is 0. The van der Waals surface area contributed by atoms with Gasteiger partial charge in [-0.3, -0.25) is 4.99 Å². The molecule has 0 heterocycles. The number of aliphatic imine (C=N–C) groups is 1. The van der Waals surface area contributed by atoms with Crippen LogP contribution in [-0.4, -0.2) is 22.2 Å². The average molecular weight is 630 g/mol. The molecule has 0 spiro atoms. The summed E-state index contributed by atoms with van der Waals surface area (Å²) in [5.41, 5.74) is 9.45. The molecule has 2 aromatic carbocycles. The van der Waals surface area contributed by atoms with Gasteiger partial charge in [-0.25, -0.2) is 0 Å². The Morgan fingerprint density at radius 2 is 0.976 bits per heavy atom. The molecule has 228 valence electrons. The molecule has 0 saturated heterocycles. The maximum Gasteiger partial charge on any atom is 2.00 e. The Morgan fingerprint density at radius 3 is 1.27 bits per heavy atom. The van der Waals surface area contributed by atoms with E-state index in [1.54, 1.807) is 0 Å². The summed E-state index contributed by atoms with van der Waals surface area (Å²) in [5.74, 6) is 1.75. The predicted octanol–water partition coefficient (Wildman–Crippen LogP) is 12.9. The average Bonchev–Trinajstić information content (AvgIpc) is 2.76. The molecule has 0 aliphatic heterocycles. The number of allylic oxidation sites excluding steroid dienone is 2. The van der Waals surface area contributed by atoms with E-state index >= 15 is 0 Å². The number of hydrogen-bond acceptors (Lipinski definition) is 1. The van der Waals surface area contributed by atoms with E-state index in [0.29, 0.717) is 23.7 Å². The first-order valence-corrected chi connectivity index (χ1v) is 22.1. The van der Waals surface area contributed by atoms with Crippen LogP contribution in [0.1, 0.15) is 115 Å². The molecule has 0 N–H and O–H groups in total. The molecular formula is C35H59CrN3Si2. The smallest absolute Gasteiger partial charge is 0.668 e. The van der Waals surface area contributed by atoms with Crippen LogP contribution >= 0.6 is 0 Å². The number of rotatable bonds is 10. The van der Waals surface area contributed by atoms with E-state index in [1.807, 2.05) is 0 Å². The van der Waals surface area contributed by atoms with Crippen molar-refractivity contribution in [1.82, 2.24) is 0 Å². The number of hydrogen-bond donors (Lipinski definition) is 0. The minimum Gasteiger partial charge on any atom is -0.668 e. The molecule has 0 radical (unpaired) electrons. The Hall–Kier alpha value is -1.42. The molecule has 0 amide bonds. The molecule has 0 aliphatic rings. The number of para-hydroxylation sites is 2. The molecule has 0 aliphatic carbocycles. The second-order valence-electron chi connectivity index (χ2n) is 14.3. The van der Waals surface area contributed by atoms with Crippen molar-refractivity contribution in [1.29, 1.82) is 0 Å². The molecule has 2 rings (SSSR count). The summed E-state index contributed by atoms with van der Waals surface area (Å²) in [7, 11) is -2.21. The summed E-state index contributed by atoms with van der Waals surface area (Å²) in [4.78, 5) is 5.08. The van der Waals surface area contributed by atoms with Crippen molar-refractivity contribution in [3.8, 4) is 0 Å². The third-order valence-corrected chi connectivity index (χ3v) is 11.7. The third kappa shape index (κ3) is 14.1. The second kappa shape index (κ2) is 17.0. The van der Waals surface area contributed by atoms with Gasteiger partial charge in [0.1, 0.15) is 0 Å². The van der Waals surface area contributed by atoms with Gasteiger partial charge in [0.2, 0.25) is 0 Å². The summed E-state index contributed by atoms with van der Waals surface area (Å²) in [6, 6.07) is 13.1. The van der Waals surface area contributed by atoms with Crippen LogP contribution in [0.5, 0.6) is 0 Å². The molecule has 3 nitrogen and oxygen atoms in total. The van der Waals surface area contributed by atoms with Gasteiger partial charge in [0.15, 0.2) is 0 Å². The fourth-order valence-electron chi connectivity index (χ4n) is 5.01. The summed E-state index contributed by atoms with van der Waals surface area (Å²) in [6.07, 6.45) is 2.11. The number of nitrogens with zero attached hydrogens (tertiary/aromatic N) is 3. The fraction of sp³-hybridized carbons (Fsp3) is 0.571. The van der Waals surface area contributed by atoms with Crippen LogP contribution in [0.25, 0.3) is 9.96 Å². The fourth-order valence-corrected chi connectivity index (χ4v) is 13.1. The third-order valence-electron chi connectivity index (χ3n) is 6.35. The molecule has 41 heavy (non-hydrogen) atoms. The number of benzene rings is 2. The summed E-state index contributed by atoms with van der Waals surface area (Å²) in [5, 5.41) is 5.08. The SMILES string of the molecule is CC(/C=C(/C)[N-]c1c(C(C)C)cccc1C(C)C)=Nc1c(C(C)C)cccc1C(C)C.C[Si](C)(C)[N-][Si](C)(C)C.[Cr+2]. The van der Waals surface area contributed by atoms with Crippen LogP contribution < -0.4 is 0 Å². The first-order chi connectivity index (χ1) is 18.2. The Kier molecular flexibility index (Phi) is 16.4. The van der Waals surface area contributed by atoms with Gasteiger partial charge in [0, 0.05) is 5.71 Å². The van der Waals surface area contributed by atoms with E-state index in [0.717, 1.165) is 22.8 Å². The van der Waals surface area contributed by atoms with E-state index in [9.17, 15) is 0 Å². The van der Waals surface area contributed by atoms with E-state index in [-0.39, 0.29) is 17.4 Å². The molecule has 0 aromatic heterocycles. The Bertz CT molecular complexity index is 1090. The standard InChI is InChI=1S/C29H41N2.C6H18NSi2.Cr/c1-18(2)24-13-11-14-25(19(3)4)28(24)30-22(9)17-23(10)31-29-26(20(5)6)15-12-16-27(29)21(7)8;1-8(2,3)7-9(4,5)6;/h11-21H,1-10H3;1-6H3;/q2*-1;+2/b22-17-,31-23?;;. The topological polar surface area (TPSA) is 40.6 Å². The molecule has 0 fully saturated rings. The van der Waals surface area contributed by atoms with E-state index in [2.05, 4.69) is 151 Å². The van der Waals surface area contributed by atoms with Gasteiger partial charge in [-0.05, 0) is 41.7 Å². The maximum atomic E-state index is 5.08. The molecule has 2 aromatic rings.